The van der Waals surface area contributed by atoms with Crippen molar-refractivity contribution in [2.45, 2.75) is 18.4 Å². The number of sulfonamides is 1. The molecule has 0 aliphatic rings. The summed E-state index contributed by atoms with van der Waals surface area (Å²) in [5, 5.41) is 4.31. The minimum atomic E-state index is -3.92. The number of pyridine rings is 1. The summed E-state index contributed by atoms with van der Waals surface area (Å²) in [6, 6.07) is 28.6. The molecule has 6 rings (SSSR count). The van der Waals surface area contributed by atoms with E-state index in [1.165, 1.54) is 0 Å². The van der Waals surface area contributed by atoms with Crippen molar-refractivity contribution in [2.24, 2.45) is 0 Å². The number of rotatable bonds is 7. The highest BCUT2D eigenvalue weighted by Gasteiger charge is 2.20. The van der Waals surface area contributed by atoms with E-state index in [4.69, 9.17) is 9.72 Å². The molecule has 0 aliphatic carbocycles. The highest BCUT2D eigenvalue weighted by molar-refractivity contribution is 7.92. The van der Waals surface area contributed by atoms with Crippen LogP contribution in [0.3, 0.4) is 0 Å². The Labute approximate surface area is 226 Å². The Bertz CT molecular complexity index is 1910. The van der Waals surface area contributed by atoms with Gasteiger partial charge < -0.3 is 4.74 Å². The summed E-state index contributed by atoms with van der Waals surface area (Å²) in [7, 11) is -3.92. The third-order valence-electron chi connectivity index (χ3n) is 6.45. The second-order valence-electron chi connectivity index (χ2n) is 9.17. The van der Waals surface area contributed by atoms with Crippen molar-refractivity contribution in [1.82, 2.24) is 15.0 Å². The first-order valence-electron chi connectivity index (χ1n) is 12.4. The van der Waals surface area contributed by atoms with Gasteiger partial charge in [0.15, 0.2) is 0 Å². The Kier molecular flexibility index (Phi) is 6.38. The number of hydrogen-bond acceptors (Lipinski definition) is 6. The zero-order chi connectivity index (χ0) is 26.8. The molecule has 0 amide bonds. The molecule has 2 aromatic heterocycles. The topological polar surface area (TPSA) is 94.1 Å². The van der Waals surface area contributed by atoms with E-state index >= 15 is 0 Å². The molecule has 0 aliphatic heterocycles. The maximum absolute atomic E-state index is 13.2. The fourth-order valence-corrected chi connectivity index (χ4v) is 5.48. The fourth-order valence-electron chi connectivity index (χ4n) is 4.48. The molecule has 0 radical (unpaired) electrons. The molecule has 4 aromatic carbocycles. The van der Waals surface area contributed by atoms with E-state index < -0.39 is 10.0 Å². The highest BCUT2D eigenvalue weighted by Crippen LogP contribution is 2.35. The van der Waals surface area contributed by atoms with Gasteiger partial charge in [-0.25, -0.2) is 18.4 Å². The molecular formula is C31H24N4O3S. The maximum Gasteiger partial charge on any atom is 0.263 e. The van der Waals surface area contributed by atoms with E-state index in [0.29, 0.717) is 5.69 Å². The number of nitrogens with one attached hydrogen (secondary N) is 1. The highest BCUT2D eigenvalue weighted by atomic mass is 32.2. The summed E-state index contributed by atoms with van der Waals surface area (Å²) >= 11 is 0. The molecule has 0 saturated heterocycles. The molecular weight excluding hydrogens is 508 g/mol. The van der Waals surface area contributed by atoms with Crippen molar-refractivity contribution in [3.05, 3.63) is 121 Å². The molecule has 1 N–H and O–H groups in total. The minimum Gasteiger partial charge on any atom is -0.470 e. The average molecular weight is 533 g/mol. The zero-order valence-corrected chi connectivity index (χ0v) is 21.9. The van der Waals surface area contributed by atoms with Gasteiger partial charge in [-0.3, -0.25) is 9.71 Å². The first-order valence-corrected chi connectivity index (χ1v) is 13.9. The lowest BCUT2D eigenvalue weighted by Crippen LogP contribution is -2.16. The number of aromatic nitrogens is 3. The first-order chi connectivity index (χ1) is 19.0. The van der Waals surface area contributed by atoms with Gasteiger partial charge in [-0.05, 0) is 52.7 Å². The van der Waals surface area contributed by atoms with Crippen molar-refractivity contribution in [2.75, 3.05) is 4.72 Å². The molecule has 0 unspecified atom stereocenters. The largest absolute Gasteiger partial charge is 0.470 e. The number of ether oxygens (including phenoxy) is 1. The lowest BCUT2D eigenvalue weighted by Gasteiger charge is -2.15. The Morgan fingerprint density at radius 3 is 2.33 bits per heavy atom. The number of benzene rings is 4. The van der Waals surface area contributed by atoms with Crippen LogP contribution in [0.2, 0.25) is 0 Å². The number of anilines is 1. The monoisotopic (exact) mass is 532 g/mol. The molecule has 6 aromatic rings. The number of aryl methyl sites for hydroxylation is 1. The molecule has 8 heteroatoms. The molecule has 7 nitrogen and oxygen atoms in total. The first kappa shape index (κ1) is 24.5. The molecule has 0 fully saturated rings. The van der Waals surface area contributed by atoms with E-state index in [-0.39, 0.29) is 23.2 Å². The van der Waals surface area contributed by atoms with E-state index in [1.807, 2.05) is 49.4 Å². The van der Waals surface area contributed by atoms with Crippen molar-refractivity contribution >= 4 is 37.4 Å². The summed E-state index contributed by atoms with van der Waals surface area (Å²) in [6.45, 7) is 2.04. The van der Waals surface area contributed by atoms with Crippen LogP contribution in [0.5, 0.6) is 5.88 Å². The molecule has 0 saturated carbocycles. The van der Waals surface area contributed by atoms with Crippen LogP contribution in [0.1, 0.15) is 11.1 Å². The third-order valence-corrected chi connectivity index (χ3v) is 7.80. The van der Waals surface area contributed by atoms with Crippen LogP contribution in [-0.4, -0.2) is 23.4 Å². The number of nitrogens with zero attached hydrogens (tertiary/aromatic N) is 3. The Hall–Kier alpha value is -4.82. The van der Waals surface area contributed by atoms with E-state index in [9.17, 15) is 8.42 Å². The van der Waals surface area contributed by atoms with Gasteiger partial charge in [0, 0.05) is 23.5 Å². The van der Waals surface area contributed by atoms with Gasteiger partial charge in [0.2, 0.25) is 5.82 Å². The van der Waals surface area contributed by atoms with Crippen LogP contribution >= 0.6 is 0 Å². The molecule has 0 atom stereocenters. The summed E-state index contributed by atoms with van der Waals surface area (Å²) in [5.41, 5.74) is 3.21. The number of hydrogen-bond donors (Lipinski definition) is 1. The van der Waals surface area contributed by atoms with Crippen LogP contribution in [0.15, 0.2) is 114 Å². The smallest absolute Gasteiger partial charge is 0.263 e. The van der Waals surface area contributed by atoms with Crippen LogP contribution in [-0.2, 0) is 16.6 Å². The molecule has 0 spiro atoms. The van der Waals surface area contributed by atoms with Gasteiger partial charge in [0.1, 0.15) is 6.61 Å². The second kappa shape index (κ2) is 10.2. The van der Waals surface area contributed by atoms with E-state index in [1.54, 1.807) is 42.9 Å². The van der Waals surface area contributed by atoms with Gasteiger partial charge in [-0.15, -0.1) is 0 Å². The lowest BCUT2D eigenvalue weighted by atomic mass is 9.96. The normalized spacial score (nSPS) is 11.5. The van der Waals surface area contributed by atoms with Crippen molar-refractivity contribution in [1.29, 1.82) is 0 Å². The standard InChI is InChI=1S/C31H24N4O3S/c1-21-12-14-24(15-13-21)39(36,37)35-30-31(38-20-22-7-6-16-32-18-22)34-29(19-33-30)28-17-23-8-2-3-9-25(23)26-10-4-5-11-27(26)28/h2-19H,20H2,1H3,(H,33,35). The summed E-state index contributed by atoms with van der Waals surface area (Å²) in [5.74, 6) is 0.0811. The SMILES string of the molecule is Cc1ccc(S(=O)(=O)Nc2ncc(-c3cc4ccccc4c4ccccc34)nc2OCc2cccnc2)cc1. The Morgan fingerprint density at radius 2 is 1.56 bits per heavy atom. The average Bonchev–Trinajstić information content (AvgIpc) is 2.97. The lowest BCUT2D eigenvalue weighted by molar-refractivity contribution is 0.294. The zero-order valence-electron chi connectivity index (χ0n) is 21.1. The molecule has 192 valence electrons. The molecule has 39 heavy (non-hydrogen) atoms. The predicted octanol–water partition coefficient (Wildman–Crippen LogP) is 6.53. The summed E-state index contributed by atoms with van der Waals surface area (Å²) < 4.78 is 34.9. The van der Waals surface area contributed by atoms with Gasteiger partial charge in [-0.1, -0.05) is 72.3 Å². The Morgan fingerprint density at radius 1 is 0.821 bits per heavy atom. The molecule has 2 heterocycles. The van der Waals surface area contributed by atoms with Crippen molar-refractivity contribution < 1.29 is 13.2 Å². The van der Waals surface area contributed by atoms with Crippen molar-refractivity contribution in [3.63, 3.8) is 0 Å². The van der Waals surface area contributed by atoms with Gasteiger partial charge in [-0.2, -0.15) is 0 Å². The second-order valence-corrected chi connectivity index (χ2v) is 10.9. The van der Waals surface area contributed by atoms with Gasteiger partial charge in [0.25, 0.3) is 15.9 Å². The van der Waals surface area contributed by atoms with Crippen LogP contribution in [0.4, 0.5) is 5.82 Å². The van der Waals surface area contributed by atoms with Gasteiger partial charge in [0.05, 0.1) is 16.8 Å². The van der Waals surface area contributed by atoms with Gasteiger partial charge >= 0.3 is 0 Å². The fraction of sp³-hybridized carbons (Fsp3) is 0.0645. The van der Waals surface area contributed by atoms with Crippen LogP contribution < -0.4 is 9.46 Å². The molecule has 0 bridgehead atoms. The van der Waals surface area contributed by atoms with Crippen LogP contribution in [0, 0.1) is 6.92 Å². The maximum atomic E-state index is 13.2. The third kappa shape index (κ3) is 5.02. The van der Waals surface area contributed by atoms with Crippen LogP contribution in [0.25, 0.3) is 32.8 Å². The Balaban J connectivity index is 1.46. The van der Waals surface area contributed by atoms with E-state index in [2.05, 4.69) is 39.0 Å². The van der Waals surface area contributed by atoms with Crippen molar-refractivity contribution in [3.8, 4) is 17.1 Å². The summed E-state index contributed by atoms with van der Waals surface area (Å²) in [4.78, 5) is 13.5. The predicted molar refractivity (Wildman–Crippen MR) is 153 cm³/mol. The number of fused-ring (bicyclic) bond motifs is 3. The van der Waals surface area contributed by atoms with E-state index in [0.717, 1.165) is 38.2 Å². The summed E-state index contributed by atoms with van der Waals surface area (Å²) in [6.07, 6.45) is 4.93. The quantitative estimate of drug-likeness (QED) is 0.235. The minimum absolute atomic E-state index is 0.00769.